The molecule has 1 aromatic carbocycles. The van der Waals surface area contributed by atoms with Gasteiger partial charge in [0.25, 0.3) is 0 Å². The Labute approximate surface area is 194 Å². The van der Waals surface area contributed by atoms with Gasteiger partial charge in [-0.3, -0.25) is 4.98 Å². The quantitative estimate of drug-likeness (QED) is 0.679. The average Bonchev–Trinajstić information content (AvgIpc) is 3.39. The Hall–Kier alpha value is -2.01. The van der Waals surface area contributed by atoms with E-state index in [0.29, 0.717) is 24.7 Å². The van der Waals surface area contributed by atoms with Crippen LogP contribution in [0.1, 0.15) is 57.4 Å². The van der Waals surface area contributed by atoms with E-state index in [1.807, 2.05) is 12.4 Å². The second-order valence-corrected chi connectivity index (χ2v) is 12.1. The maximum Gasteiger partial charge on any atom is 0.0975 e. The molecule has 0 amide bonds. The molecule has 4 aliphatic carbocycles. The molecule has 2 aromatic rings. The number of aromatic nitrogens is 1. The third kappa shape index (κ3) is 2.09. The molecule has 8 atom stereocenters. The Morgan fingerprint density at radius 2 is 1.97 bits per heavy atom. The SMILES string of the molecule is C[C@]12CC=C3C=C4C[C@@H](O)[C@@H](O)C[C@]45CCC3(O5)[C@@H]1C[C@H]1C[C@]12c1ccc2ccncc2c1. The van der Waals surface area contributed by atoms with Gasteiger partial charge in [-0.1, -0.05) is 31.2 Å². The minimum Gasteiger partial charge on any atom is -0.390 e. The highest BCUT2D eigenvalue weighted by molar-refractivity contribution is 5.82. The monoisotopic (exact) mass is 441 g/mol. The molecule has 6 aliphatic rings. The highest BCUT2D eigenvalue weighted by Crippen LogP contribution is 2.80. The lowest BCUT2D eigenvalue weighted by Crippen LogP contribution is -2.57. The van der Waals surface area contributed by atoms with Gasteiger partial charge in [-0.25, -0.2) is 0 Å². The molecule has 2 N–H and O–H groups in total. The molecule has 170 valence electrons. The third-order valence-corrected chi connectivity index (χ3v) is 11.0. The molecule has 8 rings (SSSR count). The second kappa shape index (κ2) is 5.79. The normalized spacial score (nSPS) is 48.9. The molecule has 4 heteroatoms. The van der Waals surface area contributed by atoms with E-state index in [9.17, 15) is 10.2 Å². The number of hydrogen-bond donors (Lipinski definition) is 2. The topological polar surface area (TPSA) is 62.6 Å². The number of pyridine rings is 1. The molecule has 4 nitrogen and oxygen atoms in total. The van der Waals surface area contributed by atoms with E-state index >= 15 is 0 Å². The van der Waals surface area contributed by atoms with E-state index < -0.39 is 12.2 Å². The summed E-state index contributed by atoms with van der Waals surface area (Å²) in [7, 11) is 0. The fraction of sp³-hybridized carbons (Fsp3) is 0.552. The van der Waals surface area contributed by atoms with Gasteiger partial charge in [0.1, 0.15) is 0 Å². The molecule has 1 aromatic heterocycles. The number of aliphatic hydroxyl groups excluding tert-OH is 2. The zero-order valence-electron chi connectivity index (χ0n) is 19.1. The van der Waals surface area contributed by atoms with Crippen molar-refractivity contribution >= 4 is 10.8 Å². The van der Waals surface area contributed by atoms with Gasteiger partial charge in [0.2, 0.25) is 0 Å². The van der Waals surface area contributed by atoms with Gasteiger partial charge in [-0.05, 0) is 90.0 Å². The van der Waals surface area contributed by atoms with Gasteiger partial charge in [-0.2, -0.15) is 0 Å². The largest absolute Gasteiger partial charge is 0.390 e. The van der Waals surface area contributed by atoms with E-state index in [1.165, 1.54) is 40.3 Å². The van der Waals surface area contributed by atoms with Crippen LogP contribution in [0.2, 0.25) is 0 Å². The molecule has 2 spiro atoms. The number of nitrogens with zero attached hydrogens (tertiary/aromatic N) is 1. The summed E-state index contributed by atoms with van der Waals surface area (Å²) in [4.78, 5) is 4.37. The summed E-state index contributed by atoms with van der Waals surface area (Å²) in [6.07, 6.45) is 14.0. The third-order valence-electron chi connectivity index (χ3n) is 11.0. The molecule has 4 fully saturated rings. The fourth-order valence-corrected chi connectivity index (χ4v) is 9.31. The number of aliphatic hydroxyl groups is 2. The minimum absolute atomic E-state index is 0.167. The summed E-state index contributed by atoms with van der Waals surface area (Å²) in [5, 5.41) is 23.3. The first-order chi connectivity index (χ1) is 15.9. The van der Waals surface area contributed by atoms with Crippen LogP contribution in [0.4, 0.5) is 0 Å². The van der Waals surface area contributed by atoms with Crippen molar-refractivity contribution in [3.63, 3.8) is 0 Å². The van der Waals surface area contributed by atoms with E-state index in [4.69, 9.17) is 4.74 Å². The number of allylic oxidation sites excluding steroid dienone is 1. The Morgan fingerprint density at radius 1 is 1.06 bits per heavy atom. The number of fused-ring (bicyclic) bond motifs is 4. The highest BCUT2D eigenvalue weighted by atomic mass is 16.5. The van der Waals surface area contributed by atoms with E-state index in [2.05, 4.69) is 48.3 Å². The van der Waals surface area contributed by atoms with Crippen LogP contribution < -0.4 is 0 Å². The van der Waals surface area contributed by atoms with Crippen LogP contribution in [0, 0.1) is 17.3 Å². The van der Waals surface area contributed by atoms with Crippen LogP contribution in [-0.2, 0) is 10.2 Å². The predicted octanol–water partition coefficient (Wildman–Crippen LogP) is 4.59. The van der Waals surface area contributed by atoms with Crippen molar-refractivity contribution in [2.45, 2.75) is 80.7 Å². The standard InChI is InChI=1S/C29H31NO3/c1-26-6-4-20-11-21-12-23(31)24(32)15-27(21)7-8-29(20,33-27)25(26)13-22-14-28(22,26)19-3-2-17-5-9-30-16-18(17)10-19/h2-5,9-11,16,22-25,31-32H,6-8,12-15H2,1H3/t22-,23+,24-,25+,26-,27+,28-,29?/m0/s1. The van der Waals surface area contributed by atoms with Crippen molar-refractivity contribution in [2.75, 3.05) is 0 Å². The van der Waals surface area contributed by atoms with Crippen molar-refractivity contribution in [3.05, 3.63) is 65.5 Å². The first-order valence-corrected chi connectivity index (χ1v) is 12.7. The van der Waals surface area contributed by atoms with E-state index in [1.54, 1.807) is 0 Å². The van der Waals surface area contributed by atoms with Gasteiger partial charge in [0.15, 0.2) is 0 Å². The van der Waals surface area contributed by atoms with Crippen LogP contribution in [0.15, 0.2) is 60.0 Å². The summed E-state index contributed by atoms with van der Waals surface area (Å²) in [6, 6.07) is 9.16. The number of hydrogen-bond acceptors (Lipinski definition) is 4. The first-order valence-electron chi connectivity index (χ1n) is 12.7. The molecule has 2 bridgehead atoms. The van der Waals surface area contributed by atoms with Gasteiger partial charge in [0, 0.05) is 29.6 Å². The molecule has 2 aliphatic heterocycles. The molecular formula is C29H31NO3. The molecule has 1 saturated heterocycles. The maximum absolute atomic E-state index is 10.5. The van der Waals surface area contributed by atoms with Gasteiger partial charge in [-0.15, -0.1) is 0 Å². The predicted molar refractivity (Wildman–Crippen MR) is 126 cm³/mol. The summed E-state index contributed by atoms with van der Waals surface area (Å²) >= 11 is 0. The molecule has 3 heterocycles. The Balaban J connectivity index is 1.25. The smallest absolute Gasteiger partial charge is 0.0975 e. The second-order valence-electron chi connectivity index (χ2n) is 12.1. The van der Waals surface area contributed by atoms with Crippen LogP contribution in [0.3, 0.4) is 0 Å². The number of benzene rings is 1. The lowest BCUT2D eigenvalue weighted by Gasteiger charge is -2.56. The van der Waals surface area contributed by atoms with Crippen molar-refractivity contribution in [3.8, 4) is 0 Å². The van der Waals surface area contributed by atoms with Crippen molar-refractivity contribution < 1.29 is 14.9 Å². The molecular weight excluding hydrogens is 410 g/mol. The number of rotatable bonds is 1. The first kappa shape index (κ1) is 19.3. The lowest BCUT2D eigenvalue weighted by molar-refractivity contribution is -0.160. The molecule has 33 heavy (non-hydrogen) atoms. The summed E-state index contributed by atoms with van der Waals surface area (Å²) in [6.45, 7) is 2.53. The highest BCUT2D eigenvalue weighted by Gasteiger charge is 2.78. The summed E-state index contributed by atoms with van der Waals surface area (Å²) in [5.41, 5.74) is 3.85. The fourth-order valence-electron chi connectivity index (χ4n) is 9.31. The van der Waals surface area contributed by atoms with Crippen LogP contribution in [0.5, 0.6) is 0 Å². The van der Waals surface area contributed by atoms with Crippen molar-refractivity contribution in [2.24, 2.45) is 17.3 Å². The van der Waals surface area contributed by atoms with Gasteiger partial charge >= 0.3 is 0 Å². The van der Waals surface area contributed by atoms with Gasteiger partial charge < -0.3 is 14.9 Å². The van der Waals surface area contributed by atoms with Crippen LogP contribution in [0.25, 0.3) is 10.8 Å². The lowest BCUT2D eigenvalue weighted by atomic mass is 9.55. The van der Waals surface area contributed by atoms with Crippen molar-refractivity contribution in [1.82, 2.24) is 4.98 Å². The number of ether oxygens (including phenoxy) is 1. The Kier molecular flexibility index (Phi) is 3.39. The Bertz CT molecular complexity index is 1280. The molecule has 1 unspecified atom stereocenters. The molecule has 0 radical (unpaired) electrons. The van der Waals surface area contributed by atoms with E-state index in [0.717, 1.165) is 19.3 Å². The van der Waals surface area contributed by atoms with E-state index in [-0.39, 0.29) is 22.0 Å². The zero-order chi connectivity index (χ0) is 22.2. The minimum atomic E-state index is -0.688. The summed E-state index contributed by atoms with van der Waals surface area (Å²) < 4.78 is 7.18. The van der Waals surface area contributed by atoms with Crippen LogP contribution in [-0.4, -0.2) is 38.6 Å². The summed E-state index contributed by atoms with van der Waals surface area (Å²) in [5.74, 6) is 1.21. The van der Waals surface area contributed by atoms with Crippen molar-refractivity contribution in [1.29, 1.82) is 0 Å². The molecule has 3 saturated carbocycles. The average molecular weight is 442 g/mol. The Morgan fingerprint density at radius 3 is 2.88 bits per heavy atom. The zero-order valence-corrected chi connectivity index (χ0v) is 19.1. The van der Waals surface area contributed by atoms with Gasteiger partial charge in [0.05, 0.1) is 23.4 Å². The van der Waals surface area contributed by atoms with Crippen LogP contribution >= 0.6 is 0 Å². The maximum atomic E-state index is 10.5.